The Morgan fingerprint density at radius 1 is 1.05 bits per heavy atom. The molecule has 2 aromatic heterocycles. The highest BCUT2D eigenvalue weighted by molar-refractivity contribution is 5.85. The van der Waals surface area contributed by atoms with E-state index in [4.69, 9.17) is 9.47 Å². The third kappa shape index (κ3) is 4.78. The second-order valence-electron chi connectivity index (χ2n) is 10.7. The molecule has 4 aromatic rings. The van der Waals surface area contributed by atoms with Gasteiger partial charge in [0, 0.05) is 24.0 Å². The van der Waals surface area contributed by atoms with Crippen LogP contribution in [0.15, 0.2) is 41.2 Å². The molecule has 0 fully saturated rings. The standard InChI is InChI=1S/C29H36N6O3/c1-7-23(27-31-32-33-35(27)29(5,6)8-2)34(15-20-11-12-24-25(13-20)38-17-37-24)16-21-14-22-18(3)9-10-19(4)26(22)30-28(21)36/h9-14,23H,7-8,15-17H2,1-6H3,(H,30,36). The summed E-state index contributed by atoms with van der Waals surface area (Å²) in [5.41, 5.74) is 4.52. The number of nitrogens with one attached hydrogen (secondary N) is 1. The van der Waals surface area contributed by atoms with Crippen LogP contribution in [0.1, 0.15) is 74.7 Å². The molecule has 1 N–H and O–H groups in total. The van der Waals surface area contributed by atoms with Crippen LogP contribution >= 0.6 is 0 Å². The van der Waals surface area contributed by atoms with Gasteiger partial charge in [0.15, 0.2) is 17.3 Å². The van der Waals surface area contributed by atoms with Crippen molar-refractivity contribution < 1.29 is 9.47 Å². The van der Waals surface area contributed by atoms with Gasteiger partial charge in [0.1, 0.15) is 0 Å². The molecule has 0 spiro atoms. The number of aromatic amines is 1. The number of aromatic nitrogens is 5. The Morgan fingerprint density at radius 2 is 1.82 bits per heavy atom. The highest BCUT2D eigenvalue weighted by Gasteiger charge is 2.31. The molecule has 1 atom stereocenters. The Hall–Kier alpha value is -3.72. The number of pyridine rings is 1. The molecule has 9 nitrogen and oxygen atoms in total. The first kappa shape index (κ1) is 25.9. The summed E-state index contributed by atoms with van der Waals surface area (Å²) in [6.07, 6.45) is 1.65. The quantitative estimate of drug-likeness (QED) is 0.328. The molecule has 38 heavy (non-hydrogen) atoms. The molecule has 0 saturated heterocycles. The van der Waals surface area contributed by atoms with Crippen LogP contribution in [0.4, 0.5) is 0 Å². The van der Waals surface area contributed by atoms with Crippen molar-refractivity contribution in [1.82, 2.24) is 30.1 Å². The van der Waals surface area contributed by atoms with Gasteiger partial charge in [0.25, 0.3) is 5.56 Å². The number of nitrogens with zero attached hydrogens (tertiary/aromatic N) is 5. The SMILES string of the molecule is CCC(c1nnnn1C(C)(C)CC)N(Cc1ccc2c(c1)OCO2)Cc1cc2c(C)ccc(C)c2[nH]c1=O. The van der Waals surface area contributed by atoms with E-state index in [-0.39, 0.29) is 23.9 Å². The maximum atomic E-state index is 13.3. The summed E-state index contributed by atoms with van der Waals surface area (Å²) < 4.78 is 13.1. The number of hydrogen-bond donors (Lipinski definition) is 1. The zero-order valence-electron chi connectivity index (χ0n) is 23.0. The van der Waals surface area contributed by atoms with E-state index in [0.717, 1.165) is 57.8 Å². The lowest BCUT2D eigenvalue weighted by Crippen LogP contribution is -2.36. The van der Waals surface area contributed by atoms with Gasteiger partial charge in [-0.05, 0) is 85.9 Å². The van der Waals surface area contributed by atoms with E-state index in [9.17, 15) is 4.79 Å². The second-order valence-corrected chi connectivity index (χ2v) is 10.7. The minimum absolute atomic E-state index is 0.0785. The van der Waals surface area contributed by atoms with E-state index in [1.54, 1.807) is 0 Å². The summed E-state index contributed by atoms with van der Waals surface area (Å²) in [6, 6.07) is 12.1. The van der Waals surface area contributed by atoms with E-state index in [1.807, 2.05) is 41.9 Å². The maximum Gasteiger partial charge on any atom is 0.252 e. The molecule has 9 heteroatoms. The van der Waals surface area contributed by atoms with Gasteiger partial charge in [0.2, 0.25) is 6.79 Å². The maximum absolute atomic E-state index is 13.3. The average molecular weight is 517 g/mol. The van der Waals surface area contributed by atoms with E-state index in [1.165, 1.54) is 0 Å². The van der Waals surface area contributed by atoms with E-state index >= 15 is 0 Å². The summed E-state index contributed by atoms with van der Waals surface area (Å²) in [4.78, 5) is 18.8. The zero-order chi connectivity index (χ0) is 27.0. The van der Waals surface area contributed by atoms with Crippen LogP contribution in [-0.4, -0.2) is 36.9 Å². The summed E-state index contributed by atoms with van der Waals surface area (Å²) in [5, 5.41) is 14.0. The van der Waals surface area contributed by atoms with Crippen molar-refractivity contribution in [3.05, 3.63) is 74.8 Å². The highest BCUT2D eigenvalue weighted by atomic mass is 16.7. The topological polar surface area (TPSA) is 98.2 Å². The molecular formula is C29H36N6O3. The molecule has 200 valence electrons. The number of ether oxygens (including phenoxy) is 2. The highest BCUT2D eigenvalue weighted by Crippen LogP contribution is 2.35. The van der Waals surface area contributed by atoms with Gasteiger partial charge in [-0.15, -0.1) is 5.10 Å². The van der Waals surface area contributed by atoms with E-state index in [2.05, 4.69) is 66.1 Å². The number of hydrogen-bond acceptors (Lipinski definition) is 7. The predicted octanol–water partition coefficient (Wildman–Crippen LogP) is 5.16. The number of benzene rings is 2. The van der Waals surface area contributed by atoms with E-state index in [0.29, 0.717) is 18.7 Å². The van der Waals surface area contributed by atoms with Crippen molar-refractivity contribution in [2.75, 3.05) is 6.79 Å². The molecular weight excluding hydrogens is 480 g/mol. The first-order chi connectivity index (χ1) is 18.2. The van der Waals surface area contributed by atoms with Crippen LogP contribution in [0.2, 0.25) is 0 Å². The van der Waals surface area contributed by atoms with Gasteiger partial charge < -0.3 is 14.5 Å². The van der Waals surface area contributed by atoms with Gasteiger partial charge >= 0.3 is 0 Å². The Kier molecular flexibility index (Phi) is 6.96. The minimum atomic E-state index is -0.244. The number of rotatable bonds is 9. The lowest BCUT2D eigenvalue weighted by Gasteiger charge is -2.33. The van der Waals surface area contributed by atoms with Gasteiger partial charge in [0.05, 0.1) is 17.1 Å². The third-order valence-electron chi connectivity index (χ3n) is 7.77. The van der Waals surface area contributed by atoms with Crippen LogP contribution in [-0.2, 0) is 18.6 Å². The van der Waals surface area contributed by atoms with Crippen LogP contribution in [0.25, 0.3) is 10.9 Å². The Bertz CT molecular complexity index is 1520. The molecule has 3 heterocycles. The van der Waals surface area contributed by atoms with Gasteiger partial charge in [-0.1, -0.05) is 32.0 Å². The van der Waals surface area contributed by atoms with Crippen LogP contribution in [0, 0.1) is 13.8 Å². The smallest absolute Gasteiger partial charge is 0.252 e. The third-order valence-corrected chi connectivity index (χ3v) is 7.77. The monoisotopic (exact) mass is 516 g/mol. The largest absolute Gasteiger partial charge is 0.454 e. The second kappa shape index (κ2) is 10.2. The molecule has 1 aliphatic rings. The fraction of sp³-hybridized carbons (Fsp3) is 0.448. The molecule has 1 aliphatic heterocycles. The van der Waals surface area contributed by atoms with Crippen LogP contribution in [0.3, 0.4) is 0 Å². The molecule has 5 rings (SSSR count). The van der Waals surface area contributed by atoms with Crippen molar-refractivity contribution in [2.45, 2.75) is 79.1 Å². The predicted molar refractivity (Wildman–Crippen MR) is 146 cm³/mol. The lowest BCUT2D eigenvalue weighted by atomic mass is 10.0. The van der Waals surface area contributed by atoms with Crippen molar-refractivity contribution >= 4 is 10.9 Å². The summed E-state index contributed by atoms with van der Waals surface area (Å²) in [7, 11) is 0. The molecule has 0 saturated carbocycles. The fourth-order valence-electron chi connectivity index (χ4n) is 5.09. The first-order valence-corrected chi connectivity index (χ1v) is 13.2. The Morgan fingerprint density at radius 3 is 2.58 bits per heavy atom. The molecule has 2 aromatic carbocycles. The van der Waals surface area contributed by atoms with Crippen molar-refractivity contribution in [1.29, 1.82) is 0 Å². The zero-order valence-corrected chi connectivity index (χ0v) is 23.0. The number of fused-ring (bicyclic) bond motifs is 2. The molecule has 1 unspecified atom stereocenters. The normalized spacial score (nSPS) is 14.0. The van der Waals surface area contributed by atoms with Gasteiger partial charge in [-0.25, -0.2) is 4.68 Å². The molecule has 0 radical (unpaired) electrons. The number of H-pyrrole nitrogens is 1. The first-order valence-electron chi connectivity index (χ1n) is 13.2. The van der Waals surface area contributed by atoms with Crippen LogP contribution in [0.5, 0.6) is 11.5 Å². The Balaban J connectivity index is 1.58. The number of tetrazole rings is 1. The fourth-order valence-corrected chi connectivity index (χ4v) is 5.09. The molecule has 0 aliphatic carbocycles. The Labute approximate surface area is 222 Å². The average Bonchev–Trinajstić information content (AvgIpc) is 3.58. The molecule has 0 amide bonds. The van der Waals surface area contributed by atoms with Crippen molar-refractivity contribution in [2.24, 2.45) is 0 Å². The van der Waals surface area contributed by atoms with Gasteiger partial charge in [-0.3, -0.25) is 9.69 Å². The molecule has 0 bridgehead atoms. The minimum Gasteiger partial charge on any atom is -0.454 e. The lowest BCUT2D eigenvalue weighted by molar-refractivity contribution is 0.150. The van der Waals surface area contributed by atoms with Crippen molar-refractivity contribution in [3.63, 3.8) is 0 Å². The summed E-state index contributed by atoms with van der Waals surface area (Å²) >= 11 is 0. The number of aryl methyl sites for hydroxylation is 2. The van der Waals surface area contributed by atoms with Crippen LogP contribution < -0.4 is 15.0 Å². The summed E-state index contributed by atoms with van der Waals surface area (Å²) in [5.74, 6) is 2.28. The summed E-state index contributed by atoms with van der Waals surface area (Å²) in [6.45, 7) is 13.9. The van der Waals surface area contributed by atoms with Crippen molar-refractivity contribution in [3.8, 4) is 11.5 Å². The van der Waals surface area contributed by atoms with E-state index < -0.39 is 0 Å². The van der Waals surface area contributed by atoms with Gasteiger partial charge in [-0.2, -0.15) is 0 Å².